The zero-order chi connectivity index (χ0) is 18.5. The number of amides is 1. The Kier molecular flexibility index (Phi) is 5.02. The second-order valence-electron chi connectivity index (χ2n) is 5.47. The zero-order valence-electron chi connectivity index (χ0n) is 14.4. The molecule has 8 heteroatoms. The van der Waals surface area contributed by atoms with Crippen LogP contribution in [0, 0.1) is 0 Å². The highest BCUT2D eigenvalue weighted by Gasteiger charge is 2.20. The fraction of sp³-hybridized carbons (Fsp3) is 0.167. The van der Waals surface area contributed by atoms with Crippen LogP contribution in [0.15, 0.2) is 54.6 Å². The Hall–Kier alpha value is -3.55. The van der Waals surface area contributed by atoms with Crippen molar-refractivity contribution >= 4 is 17.6 Å². The third kappa shape index (κ3) is 3.59. The summed E-state index contributed by atoms with van der Waals surface area (Å²) in [4.78, 5) is 27.0. The average molecular weight is 351 g/mol. The predicted molar refractivity (Wildman–Crippen MR) is 94.4 cm³/mol. The average Bonchev–Trinajstić information content (AvgIpc) is 3.16. The first-order valence-electron chi connectivity index (χ1n) is 7.87. The van der Waals surface area contributed by atoms with Crippen molar-refractivity contribution in [3.63, 3.8) is 0 Å². The Labute approximate surface area is 150 Å². The number of carbonyl (C=O) groups is 2. The summed E-state index contributed by atoms with van der Waals surface area (Å²) in [5.41, 5.74) is 1.57. The molecule has 0 spiro atoms. The molecule has 1 heterocycles. The van der Waals surface area contributed by atoms with Gasteiger partial charge in [0.1, 0.15) is 6.54 Å². The van der Waals surface area contributed by atoms with Crippen LogP contribution in [0.1, 0.15) is 10.4 Å². The third-order valence-corrected chi connectivity index (χ3v) is 3.81. The van der Waals surface area contributed by atoms with Crippen LogP contribution in [0.2, 0.25) is 0 Å². The summed E-state index contributed by atoms with van der Waals surface area (Å²) in [5.74, 6) is -0.361. The summed E-state index contributed by atoms with van der Waals surface area (Å²) in [7, 11) is 2.88. The molecule has 8 nitrogen and oxygen atoms in total. The van der Waals surface area contributed by atoms with Crippen molar-refractivity contribution in [2.45, 2.75) is 6.54 Å². The molecule has 132 valence electrons. The van der Waals surface area contributed by atoms with Gasteiger partial charge in [-0.1, -0.05) is 42.5 Å². The number of hydrogen-bond acceptors (Lipinski definition) is 6. The predicted octanol–water partition coefficient (Wildman–Crippen LogP) is 1.79. The van der Waals surface area contributed by atoms with Crippen molar-refractivity contribution in [2.24, 2.45) is 0 Å². The summed E-state index contributed by atoms with van der Waals surface area (Å²) in [6.45, 7) is -0.105. The molecular weight excluding hydrogens is 334 g/mol. The number of tetrazole rings is 1. The maximum Gasteiger partial charge on any atom is 0.339 e. The van der Waals surface area contributed by atoms with Crippen LogP contribution in [0.5, 0.6) is 0 Å². The normalized spacial score (nSPS) is 10.4. The van der Waals surface area contributed by atoms with Gasteiger partial charge in [-0.2, -0.15) is 4.80 Å². The topological polar surface area (TPSA) is 90.2 Å². The molecule has 0 aliphatic carbocycles. The summed E-state index contributed by atoms with van der Waals surface area (Å²) < 4.78 is 4.76. The molecular formula is C18H17N5O3. The number of hydrogen-bond donors (Lipinski definition) is 0. The molecule has 2 aromatic carbocycles. The van der Waals surface area contributed by atoms with Crippen molar-refractivity contribution in [3.05, 3.63) is 60.2 Å². The molecule has 0 unspecified atom stereocenters. The SMILES string of the molecule is COC(=O)c1ccccc1N(C)C(=O)Cn1nnc(-c2ccccc2)n1. The number of nitrogens with zero attached hydrogens (tertiary/aromatic N) is 5. The standard InChI is InChI=1S/C18H17N5O3/c1-22(15-11-7-6-10-14(15)18(25)26-2)16(24)12-23-20-17(19-21-23)13-8-4-3-5-9-13/h3-11H,12H2,1-2H3. The molecule has 0 N–H and O–H groups in total. The Morgan fingerprint density at radius 2 is 1.77 bits per heavy atom. The Morgan fingerprint density at radius 3 is 2.50 bits per heavy atom. The van der Waals surface area contributed by atoms with Crippen molar-refractivity contribution in [1.29, 1.82) is 0 Å². The van der Waals surface area contributed by atoms with Crippen LogP contribution in [-0.4, -0.2) is 46.2 Å². The monoisotopic (exact) mass is 351 g/mol. The van der Waals surface area contributed by atoms with E-state index in [4.69, 9.17) is 4.74 Å². The molecule has 3 rings (SSSR count). The quantitative estimate of drug-likeness (QED) is 0.651. The van der Waals surface area contributed by atoms with E-state index in [1.54, 1.807) is 31.3 Å². The molecule has 0 fully saturated rings. The lowest BCUT2D eigenvalue weighted by molar-refractivity contribution is -0.119. The summed E-state index contributed by atoms with van der Waals surface area (Å²) in [5, 5.41) is 12.1. The van der Waals surface area contributed by atoms with Crippen molar-refractivity contribution in [3.8, 4) is 11.4 Å². The molecule has 0 aliphatic heterocycles. The Balaban J connectivity index is 1.77. The van der Waals surface area contributed by atoms with E-state index >= 15 is 0 Å². The lowest BCUT2D eigenvalue weighted by Crippen LogP contribution is -2.32. The van der Waals surface area contributed by atoms with Gasteiger partial charge in [0.15, 0.2) is 0 Å². The number of para-hydroxylation sites is 1. The number of benzene rings is 2. The molecule has 26 heavy (non-hydrogen) atoms. The Bertz CT molecular complexity index is 923. The van der Waals surface area contributed by atoms with Crippen LogP contribution >= 0.6 is 0 Å². The highest BCUT2D eigenvalue weighted by atomic mass is 16.5. The molecule has 1 aromatic heterocycles. The van der Waals surface area contributed by atoms with Gasteiger partial charge in [0, 0.05) is 12.6 Å². The van der Waals surface area contributed by atoms with Gasteiger partial charge in [0.2, 0.25) is 11.7 Å². The first-order chi connectivity index (χ1) is 12.6. The smallest absolute Gasteiger partial charge is 0.339 e. The molecule has 3 aromatic rings. The number of methoxy groups -OCH3 is 1. The van der Waals surface area contributed by atoms with E-state index in [0.717, 1.165) is 5.56 Å². The number of esters is 1. The maximum atomic E-state index is 12.6. The van der Waals surface area contributed by atoms with Crippen LogP contribution in [-0.2, 0) is 16.1 Å². The molecule has 0 saturated heterocycles. The second kappa shape index (κ2) is 7.56. The Morgan fingerprint density at radius 1 is 1.08 bits per heavy atom. The lowest BCUT2D eigenvalue weighted by atomic mass is 10.1. The van der Waals surface area contributed by atoms with Gasteiger partial charge in [-0.25, -0.2) is 4.79 Å². The molecule has 0 saturated carbocycles. The third-order valence-electron chi connectivity index (χ3n) is 3.81. The van der Waals surface area contributed by atoms with E-state index < -0.39 is 5.97 Å². The number of aromatic nitrogens is 4. The van der Waals surface area contributed by atoms with Crippen molar-refractivity contribution < 1.29 is 14.3 Å². The zero-order valence-corrected chi connectivity index (χ0v) is 14.4. The molecule has 0 aliphatic rings. The maximum absolute atomic E-state index is 12.6. The fourth-order valence-corrected chi connectivity index (χ4v) is 2.42. The minimum absolute atomic E-state index is 0.105. The van der Waals surface area contributed by atoms with Crippen LogP contribution < -0.4 is 4.90 Å². The molecule has 0 radical (unpaired) electrons. The molecule has 0 atom stereocenters. The number of likely N-dealkylation sites (N-methyl/N-ethyl adjacent to an activating group) is 1. The van der Waals surface area contributed by atoms with Crippen LogP contribution in [0.3, 0.4) is 0 Å². The van der Waals surface area contributed by atoms with E-state index in [2.05, 4.69) is 15.4 Å². The van der Waals surface area contributed by atoms with E-state index in [0.29, 0.717) is 17.1 Å². The minimum atomic E-state index is -0.509. The fourth-order valence-electron chi connectivity index (χ4n) is 2.42. The van der Waals surface area contributed by atoms with Gasteiger partial charge in [-0.15, -0.1) is 10.2 Å². The number of ether oxygens (including phenoxy) is 1. The highest BCUT2D eigenvalue weighted by Crippen LogP contribution is 2.20. The van der Waals surface area contributed by atoms with Gasteiger partial charge in [-0.3, -0.25) is 4.79 Å². The first kappa shape index (κ1) is 17.3. The summed E-state index contributed by atoms with van der Waals surface area (Å²) >= 11 is 0. The molecule has 0 bridgehead atoms. The van der Waals surface area contributed by atoms with Gasteiger partial charge in [-0.05, 0) is 17.3 Å². The van der Waals surface area contributed by atoms with Gasteiger partial charge < -0.3 is 9.64 Å². The molecule has 1 amide bonds. The van der Waals surface area contributed by atoms with E-state index in [1.165, 1.54) is 16.8 Å². The second-order valence-corrected chi connectivity index (χ2v) is 5.47. The van der Waals surface area contributed by atoms with Crippen LogP contribution in [0.25, 0.3) is 11.4 Å². The van der Waals surface area contributed by atoms with Crippen molar-refractivity contribution in [1.82, 2.24) is 20.2 Å². The van der Waals surface area contributed by atoms with E-state index in [-0.39, 0.29) is 12.5 Å². The van der Waals surface area contributed by atoms with Crippen molar-refractivity contribution in [2.75, 3.05) is 19.1 Å². The van der Waals surface area contributed by atoms with Gasteiger partial charge in [0.25, 0.3) is 0 Å². The van der Waals surface area contributed by atoms with E-state index in [9.17, 15) is 9.59 Å². The summed E-state index contributed by atoms with van der Waals surface area (Å²) in [6, 6.07) is 16.1. The number of anilines is 1. The minimum Gasteiger partial charge on any atom is -0.465 e. The van der Waals surface area contributed by atoms with Gasteiger partial charge in [0.05, 0.1) is 18.4 Å². The van der Waals surface area contributed by atoms with E-state index in [1.807, 2.05) is 30.3 Å². The first-order valence-corrected chi connectivity index (χ1v) is 7.87. The number of rotatable bonds is 5. The lowest BCUT2D eigenvalue weighted by Gasteiger charge is -2.19. The van der Waals surface area contributed by atoms with Gasteiger partial charge >= 0.3 is 5.97 Å². The largest absolute Gasteiger partial charge is 0.465 e. The summed E-state index contributed by atoms with van der Waals surface area (Å²) in [6.07, 6.45) is 0. The van der Waals surface area contributed by atoms with Crippen LogP contribution in [0.4, 0.5) is 5.69 Å². The highest BCUT2D eigenvalue weighted by molar-refractivity contribution is 6.02. The number of carbonyl (C=O) groups excluding carboxylic acids is 2.